The first-order chi connectivity index (χ1) is 11.2. The molecule has 0 radical (unpaired) electrons. The lowest BCUT2D eigenvalue weighted by molar-refractivity contribution is -0.111. The number of benzene rings is 2. The topological polar surface area (TPSA) is 47.6 Å². The highest BCUT2D eigenvalue weighted by atomic mass is 16.5. The maximum absolute atomic E-state index is 12.0. The van der Waals surface area contributed by atoms with Crippen LogP contribution in [0.25, 0.3) is 6.08 Å². The fourth-order valence-electron chi connectivity index (χ4n) is 2.10. The lowest BCUT2D eigenvalue weighted by Crippen LogP contribution is -2.08. The van der Waals surface area contributed by atoms with Crippen molar-refractivity contribution in [3.63, 3.8) is 0 Å². The average Bonchev–Trinajstić information content (AvgIpc) is 2.55. The monoisotopic (exact) mass is 311 g/mol. The molecule has 0 bridgehead atoms. The molecule has 2 rings (SSSR count). The summed E-state index contributed by atoms with van der Waals surface area (Å²) in [4.78, 5) is 12.0. The van der Waals surface area contributed by atoms with E-state index in [1.54, 1.807) is 13.2 Å². The average molecular weight is 311 g/mol. The van der Waals surface area contributed by atoms with Crippen LogP contribution in [0.3, 0.4) is 0 Å². The molecule has 0 unspecified atom stereocenters. The highest BCUT2D eigenvalue weighted by molar-refractivity contribution is 6.01. The van der Waals surface area contributed by atoms with Crippen LogP contribution in [0.5, 0.6) is 5.75 Å². The van der Waals surface area contributed by atoms with Crippen molar-refractivity contribution >= 4 is 17.7 Å². The largest absolute Gasteiger partial charge is 0.494 e. The lowest BCUT2D eigenvalue weighted by atomic mass is 10.2. The van der Waals surface area contributed by atoms with E-state index in [1.807, 2.05) is 55.5 Å². The summed E-state index contributed by atoms with van der Waals surface area (Å²) in [7, 11) is 1.64. The van der Waals surface area contributed by atoms with Crippen LogP contribution in [-0.4, -0.2) is 19.6 Å². The fraction of sp³-hybridized carbons (Fsp3) is 0.211. The summed E-state index contributed by atoms with van der Waals surface area (Å²) in [5.41, 5.74) is 2.71. The van der Waals surface area contributed by atoms with E-state index in [4.69, 9.17) is 9.47 Å². The zero-order chi connectivity index (χ0) is 16.5. The second kappa shape index (κ2) is 8.76. The highest BCUT2D eigenvalue weighted by Crippen LogP contribution is 2.14. The van der Waals surface area contributed by atoms with Gasteiger partial charge in [-0.25, -0.2) is 0 Å². The Morgan fingerprint density at radius 3 is 2.65 bits per heavy atom. The minimum Gasteiger partial charge on any atom is -0.494 e. The molecule has 1 amide bonds. The Labute approximate surface area is 136 Å². The van der Waals surface area contributed by atoms with Crippen LogP contribution in [-0.2, 0) is 16.1 Å². The van der Waals surface area contributed by atoms with E-state index < -0.39 is 0 Å². The second-order valence-corrected chi connectivity index (χ2v) is 4.96. The van der Waals surface area contributed by atoms with Crippen LogP contribution < -0.4 is 10.1 Å². The Hall–Kier alpha value is -2.59. The van der Waals surface area contributed by atoms with Crippen LogP contribution in [0, 0.1) is 0 Å². The highest BCUT2D eigenvalue weighted by Gasteiger charge is 2.00. The van der Waals surface area contributed by atoms with E-state index in [9.17, 15) is 4.79 Å². The summed E-state index contributed by atoms with van der Waals surface area (Å²) < 4.78 is 10.5. The van der Waals surface area contributed by atoms with Crippen LogP contribution in [0.2, 0.25) is 0 Å². The van der Waals surface area contributed by atoms with Gasteiger partial charge in [-0.05, 0) is 48.4 Å². The molecule has 0 heterocycles. The maximum atomic E-state index is 12.0. The minimum atomic E-state index is -0.173. The molecule has 4 nitrogen and oxygen atoms in total. The summed E-state index contributed by atoms with van der Waals surface area (Å²) in [5, 5.41) is 2.84. The Morgan fingerprint density at radius 2 is 1.96 bits per heavy atom. The Kier molecular flexibility index (Phi) is 6.39. The number of methoxy groups -OCH3 is 1. The number of hydrogen-bond donors (Lipinski definition) is 1. The molecular formula is C19H21NO3. The Balaban J connectivity index is 1.94. The molecule has 0 aliphatic heterocycles. The summed E-state index contributed by atoms with van der Waals surface area (Å²) in [6.07, 6.45) is 3.28. The van der Waals surface area contributed by atoms with Crippen molar-refractivity contribution in [2.45, 2.75) is 13.5 Å². The third-order valence-corrected chi connectivity index (χ3v) is 3.12. The molecule has 23 heavy (non-hydrogen) atoms. The quantitative estimate of drug-likeness (QED) is 0.789. The van der Waals surface area contributed by atoms with Gasteiger partial charge in [0.2, 0.25) is 5.91 Å². The number of hydrogen-bond acceptors (Lipinski definition) is 3. The molecule has 1 N–H and O–H groups in total. The summed E-state index contributed by atoms with van der Waals surface area (Å²) >= 11 is 0. The van der Waals surface area contributed by atoms with Gasteiger partial charge in [0, 0.05) is 18.9 Å². The van der Waals surface area contributed by atoms with Crippen molar-refractivity contribution < 1.29 is 14.3 Å². The van der Waals surface area contributed by atoms with Gasteiger partial charge < -0.3 is 14.8 Å². The van der Waals surface area contributed by atoms with Gasteiger partial charge in [0.25, 0.3) is 0 Å². The van der Waals surface area contributed by atoms with E-state index in [-0.39, 0.29) is 5.91 Å². The second-order valence-electron chi connectivity index (χ2n) is 4.96. The first-order valence-electron chi connectivity index (χ1n) is 7.51. The third-order valence-electron chi connectivity index (χ3n) is 3.12. The first-order valence-corrected chi connectivity index (χ1v) is 7.51. The molecule has 2 aromatic rings. The van der Waals surface area contributed by atoms with Crippen molar-refractivity contribution in [1.29, 1.82) is 0 Å². The minimum absolute atomic E-state index is 0.173. The first kappa shape index (κ1) is 16.8. The lowest BCUT2D eigenvalue weighted by Gasteiger charge is -2.05. The van der Waals surface area contributed by atoms with Crippen LogP contribution in [0.1, 0.15) is 18.1 Å². The van der Waals surface area contributed by atoms with Crippen molar-refractivity contribution in [3.05, 3.63) is 65.7 Å². The summed E-state index contributed by atoms with van der Waals surface area (Å²) in [6, 6.07) is 15.2. The van der Waals surface area contributed by atoms with E-state index in [1.165, 1.54) is 6.08 Å². The van der Waals surface area contributed by atoms with Crippen molar-refractivity contribution in [2.75, 3.05) is 19.0 Å². The molecule has 0 atom stereocenters. The molecule has 0 fully saturated rings. The Bertz CT molecular complexity index is 663. The van der Waals surface area contributed by atoms with Gasteiger partial charge in [0.05, 0.1) is 13.2 Å². The van der Waals surface area contributed by atoms with Gasteiger partial charge in [0.1, 0.15) is 5.75 Å². The fourth-order valence-corrected chi connectivity index (χ4v) is 2.10. The number of carbonyl (C=O) groups excluding carboxylic acids is 1. The van der Waals surface area contributed by atoms with Crippen LogP contribution in [0.15, 0.2) is 54.6 Å². The van der Waals surface area contributed by atoms with Gasteiger partial charge in [-0.2, -0.15) is 0 Å². The van der Waals surface area contributed by atoms with E-state index in [2.05, 4.69) is 5.32 Å². The van der Waals surface area contributed by atoms with Crippen molar-refractivity contribution in [2.24, 2.45) is 0 Å². The molecule has 120 valence electrons. The summed E-state index contributed by atoms with van der Waals surface area (Å²) in [6.45, 7) is 3.10. The molecule has 2 aromatic carbocycles. The SMILES string of the molecule is CCOc1ccc(/C=C/C(=O)Nc2cccc(COC)c2)cc1. The zero-order valence-electron chi connectivity index (χ0n) is 13.4. The predicted molar refractivity (Wildman–Crippen MR) is 92.4 cm³/mol. The number of carbonyl (C=O) groups is 1. The van der Waals surface area contributed by atoms with E-state index in [0.717, 1.165) is 22.6 Å². The Morgan fingerprint density at radius 1 is 1.17 bits per heavy atom. The molecule has 0 spiro atoms. The van der Waals surface area contributed by atoms with Crippen LogP contribution >= 0.6 is 0 Å². The van der Waals surface area contributed by atoms with Crippen molar-refractivity contribution in [3.8, 4) is 5.75 Å². The zero-order valence-corrected chi connectivity index (χ0v) is 13.4. The van der Waals surface area contributed by atoms with Crippen molar-refractivity contribution in [1.82, 2.24) is 0 Å². The van der Waals surface area contributed by atoms with Gasteiger partial charge in [-0.3, -0.25) is 4.79 Å². The third kappa shape index (κ3) is 5.60. The number of anilines is 1. The van der Waals surface area contributed by atoms with E-state index >= 15 is 0 Å². The molecule has 4 heteroatoms. The number of rotatable bonds is 7. The van der Waals surface area contributed by atoms with Gasteiger partial charge >= 0.3 is 0 Å². The van der Waals surface area contributed by atoms with E-state index in [0.29, 0.717) is 13.2 Å². The normalized spacial score (nSPS) is 10.7. The smallest absolute Gasteiger partial charge is 0.248 e. The van der Waals surface area contributed by atoms with Gasteiger partial charge in [0.15, 0.2) is 0 Å². The predicted octanol–water partition coefficient (Wildman–Crippen LogP) is 3.88. The maximum Gasteiger partial charge on any atom is 0.248 e. The van der Waals surface area contributed by atoms with Gasteiger partial charge in [-0.1, -0.05) is 24.3 Å². The molecule has 0 aliphatic rings. The molecule has 0 aliphatic carbocycles. The molecule has 0 saturated heterocycles. The molecule has 0 aromatic heterocycles. The van der Waals surface area contributed by atoms with Crippen LogP contribution in [0.4, 0.5) is 5.69 Å². The number of nitrogens with one attached hydrogen (secondary N) is 1. The number of ether oxygens (including phenoxy) is 2. The standard InChI is InChI=1S/C19H21NO3/c1-3-23-18-10-7-15(8-11-18)9-12-19(21)20-17-6-4-5-16(13-17)14-22-2/h4-13H,3,14H2,1-2H3,(H,20,21)/b12-9+. The molecular weight excluding hydrogens is 290 g/mol. The van der Waals surface area contributed by atoms with Gasteiger partial charge in [-0.15, -0.1) is 0 Å². The number of amides is 1. The molecule has 0 saturated carbocycles. The summed E-state index contributed by atoms with van der Waals surface area (Å²) in [5.74, 6) is 0.650.